The Labute approximate surface area is 141 Å². The molecule has 4 rings (SSSR count). The van der Waals surface area contributed by atoms with Crippen molar-refractivity contribution in [1.82, 2.24) is 20.2 Å². The van der Waals surface area contributed by atoms with Crippen molar-refractivity contribution in [3.8, 4) is 0 Å². The predicted octanol–water partition coefficient (Wildman–Crippen LogP) is 1.32. The highest BCUT2D eigenvalue weighted by molar-refractivity contribution is 5.80. The summed E-state index contributed by atoms with van der Waals surface area (Å²) in [4.78, 5) is 24.2. The molecule has 0 saturated carbocycles. The van der Waals surface area contributed by atoms with Gasteiger partial charge in [-0.15, -0.1) is 0 Å². The lowest BCUT2D eigenvalue weighted by Crippen LogP contribution is -2.44. The topological polar surface area (TPSA) is 64.3 Å². The number of aromatic amines is 1. The van der Waals surface area contributed by atoms with E-state index in [4.69, 9.17) is 4.98 Å². The van der Waals surface area contributed by atoms with Crippen molar-refractivity contribution >= 4 is 16.9 Å². The summed E-state index contributed by atoms with van der Waals surface area (Å²) in [5.41, 5.74) is 1.90. The Balaban J connectivity index is 1.72. The van der Waals surface area contributed by atoms with Gasteiger partial charge in [-0.05, 0) is 43.6 Å². The summed E-state index contributed by atoms with van der Waals surface area (Å²) in [7, 11) is 0. The Morgan fingerprint density at radius 2 is 1.83 bits per heavy atom. The van der Waals surface area contributed by atoms with Crippen molar-refractivity contribution in [2.75, 3.05) is 44.2 Å². The van der Waals surface area contributed by atoms with Crippen LogP contribution in [-0.4, -0.2) is 54.1 Å². The molecular weight excluding hydrogens is 302 g/mol. The van der Waals surface area contributed by atoms with Crippen LogP contribution in [0.3, 0.4) is 0 Å². The van der Waals surface area contributed by atoms with E-state index in [0.717, 1.165) is 57.0 Å². The van der Waals surface area contributed by atoms with Gasteiger partial charge in [-0.2, -0.15) is 0 Å². The minimum atomic E-state index is -0.0867. The third-order valence-corrected chi connectivity index (χ3v) is 5.06. The van der Waals surface area contributed by atoms with Gasteiger partial charge in [-0.1, -0.05) is 6.42 Å². The average molecular weight is 327 g/mol. The van der Waals surface area contributed by atoms with Gasteiger partial charge in [0.15, 0.2) is 0 Å². The maximum absolute atomic E-state index is 11.7. The fourth-order valence-corrected chi connectivity index (χ4v) is 3.74. The summed E-state index contributed by atoms with van der Waals surface area (Å²) in [5.74, 6) is 0.984. The Kier molecular flexibility index (Phi) is 4.49. The monoisotopic (exact) mass is 327 g/mol. The Bertz CT molecular complexity index is 760. The number of aromatic nitrogens is 2. The van der Waals surface area contributed by atoms with E-state index < -0.39 is 0 Å². The minimum absolute atomic E-state index is 0.0867. The normalized spacial score (nSPS) is 19.8. The molecule has 2 fully saturated rings. The third-order valence-electron chi connectivity index (χ3n) is 5.06. The molecule has 2 N–H and O–H groups in total. The van der Waals surface area contributed by atoms with Crippen LogP contribution in [0.5, 0.6) is 0 Å². The van der Waals surface area contributed by atoms with Gasteiger partial charge >= 0.3 is 0 Å². The van der Waals surface area contributed by atoms with Crippen molar-refractivity contribution in [2.24, 2.45) is 0 Å². The molecule has 0 aliphatic carbocycles. The molecule has 128 valence electrons. The van der Waals surface area contributed by atoms with Gasteiger partial charge in [0.25, 0.3) is 0 Å². The van der Waals surface area contributed by atoms with Crippen LogP contribution < -0.4 is 15.8 Å². The Hall–Kier alpha value is -1.92. The van der Waals surface area contributed by atoms with Crippen LogP contribution in [0.15, 0.2) is 23.0 Å². The quantitative estimate of drug-likeness (QED) is 0.890. The first-order chi connectivity index (χ1) is 11.8. The van der Waals surface area contributed by atoms with Crippen molar-refractivity contribution < 1.29 is 0 Å². The number of hydrogen-bond acceptors (Lipinski definition) is 5. The number of nitrogens with one attached hydrogen (secondary N) is 2. The van der Waals surface area contributed by atoms with Crippen LogP contribution in [-0.2, 0) is 6.54 Å². The van der Waals surface area contributed by atoms with E-state index in [2.05, 4.69) is 26.2 Å². The van der Waals surface area contributed by atoms with E-state index in [0.29, 0.717) is 5.65 Å². The molecule has 0 amide bonds. The second-order valence-electron chi connectivity index (χ2n) is 6.80. The zero-order chi connectivity index (χ0) is 16.4. The smallest absolute Gasteiger partial charge is 0.249 e. The number of anilines is 1. The second-order valence-corrected chi connectivity index (χ2v) is 6.80. The molecular formula is C18H25N5O. The van der Waals surface area contributed by atoms with Gasteiger partial charge in [0.1, 0.15) is 11.5 Å². The number of fused-ring (bicyclic) bond motifs is 1. The number of H-pyrrole nitrogens is 1. The summed E-state index contributed by atoms with van der Waals surface area (Å²) in [6, 6.07) is 5.75. The molecule has 0 bridgehead atoms. The molecule has 2 aromatic rings. The van der Waals surface area contributed by atoms with Crippen LogP contribution in [0.4, 0.5) is 5.82 Å². The van der Waals surface area contributed by atoms with E-state index in [1.165, 1.54) is 24.8 Å². The molecule has 0 atom stereocenters. The highest BCUT2D eigenvalue weighted by Crippen LogP contribution is 2.24. The van der Waals surface area contributed by atoms with Crippen LogP contribution in [0, 0.1) is 0 Å². The zero-order valence-electron chi connectivity index (χ0n) is 14.1. The summed E-state index contributed by atoms with van der Waals surface area (Å²) in [6.45, 7) is 7.13. The molecule has 2 aliphatic heterocycles. The highest BCUT2D eigenvalue weighted by Gasteiger charge is 2.17. The lowest BCUT2D eigenvalue weighted by molar-refractivity contribution is 0.221. The van der Waals surface area contributed by atoms with Crippen LogP contribution in [0.2, 0.25) is 0 Å². The maximum Gasteiger partial charge on any atom is 0.249 e. The Morgan fingerprint density at radius 1 is 1.04 bits per heavy atom. The number of piperidine rings is 1. The summed E-state index contributed by atoms with van der Waals surface area (Å²) in [6.07, 6.45) is 3.90. The first kappa shape index (κ1) is 15.6. The largest absolute Gasteiger partial charge is 0.354 e. The van der Waals surface area contributed by atoms with Gasteiger partial charge in [0.2, 0.25) is 5.56 Å². The molecule has 2 aliphatic rings. The van der Waals surface area contributed by atoms with E-state index in [-0.39, 0.29) is 5.56 Å². The van der Waals surface area contributed by atoms with E-state index in [1.54, 1.807) is 6.07 Å². The number of rotatable bonds is 3. The predicted molar refractivity (Wildman–Crippen MR) is 96.6 cm³/mol. The van der Waals surface area contributed by atoms with E-state index in [9.17, 15) is 4.79 Å². The SMILES string of the molecule is O=c1ccc2c(CN3CCCCC3)cc(N3CCNCC3)nc2[nH]1. The van der Waals surface area contributed by atoms with E-state index in [1.807, 2.05) is 6.07 Å². The van der Waals surface area contributed by atoms with Gasteiger partial charge in [0, 0.05) is 44.2 Å². The molecule has 2 aromatic heterocycles. The molecule has 24 heavy (non-hydrogen) atoms. The average Bonchev–Trinajstić information content (AvgIpc) is 2.63. The second kappa shape index (κ2) is 6.91. The summed E-state index contributed by atoms with van der Waals surface area (Å²) >= 11 is 0. The van der Waals surface area contributed by atoms with Gasteiger partial charge in [-0.3, -0.25) is 9.69 Å². The third kappa shape index (κ3) is 3.30. The number of nitrogens with zero attached hydrogens (tertiary/aromatic N) is 3. The molecule has 0 spiro atoms. The van der Waals surface area contributed by atoms with Gasteiger partial charge in [-0.25, -0.2) is 4.98 Å². The van der Waals surface area contributed by atoms with Crippen molar-refractivity contribution in [3.05, 3.63) is 34.1 Å². The standard InChI is InChI=1S/C18H25N5O/c24-17-5-4-15-14(13-22-8-2-1-3-9-22)12-16(20-18(15)21-17)23-10-6-19-7-11-23/h4-5,12,19H,1-3,6-11,13H2,(H,20,21,24). The number of piperazine rings is 1. The molecule has 0 unspecified atom stereocenters. The van der Waals surface area contributed by atoms with Crippen molar-refractivity contribution in [1.29, 1.82) is 0 Å². The maximum atomic E-state index is 11.7. The number of hydrogen-bond donors (Lipinski definition) is 2. The van der Waals surface area contributed by atoms with Gasteiger partial charge in [0.05, 0.1) is 0 Å². The fourth-order valence-electron chi connectivity index (χ4n) is 3.74. The molecule has 6 heteroatoms. The summed E-state index contributed by atoms with van der Waals surface area (Å²) < 4.78 is 0. The first-order valence-corrected chi connectivity index (χ1v) is 9.00. The number of likely N-dealkylation sites (tertiary alicyclic amines) is 1. The number of pyridine rings is 2. The molecule has 2 saturated heterocycles. The van der Waals surface area contributed by atoms with Crippen molar-refractivity contribution in [2.45, 2.75) is 25.8 Å². The van der Waals surface area contributed by atoms with Crippen LogP contribution in [0.1, 0.15) is 24.8 Å². The van der Waals surface area contributed by atoms with Gasteiger partial charge < -0.3 is 15.2 Å². The highest BCUT2D eigenvalue weighted by atomic mass is 16.1. The fraction of sp³-hybridized carbons (Fsp3) is 0.556. The summed E-state index contributed by atoms with van der Waals surface area (Å²) in [5, 5.41) is 4.44. The van der Waals surface area contributed by atoms with Crippen LogP contribution >= 0.6 is 0 Å². The molecule has 0 radical (unpaired) electrons. The Morgan fingerprint density at radius 3 is 2.62 bits per heavy atom. The van der Waals surface area contributed by atoms with Crippen LogP contribution in [0.25, 0.3) is 11.0 Å². The molecule has 6 nitrogen and oxygen atoms in total. The zero-order valence-corrected chi connectivity index (χ0v) is 14.1. The molecule has 0 aromatic carbocycles. The lowest BCUT2D eigenvalue weighted by atomic mass is 10.1. The van der Waals surface area contributed by atoms with E-state index >= 15 is 0 Å². The first-order valence-electron chi connectivity index (χ1n) is 9.00. The lowest BCUT2D eigenvalue weighted by Gasteiger charge is -2.30. The molecule has 4 heterocycles. The minimum Gasteiger partial charge on any atom is -0.354 e. The van der Waals surface area contributed by atoms with Crippen molar-refractivity contribution in [3.63, 3.8) is 0 Å².